The van der Waals surface area contributed by atoms with E-state index in [1.807, 2.05) is 0 Å². The molecule has 14 heteroatoms. The van der Waals surface area contributed by atoms with Gasteiger partial charge in [-0.2, -0.15) is 8.42 Å². The molecule has 66 heavy (non-hydrogen) atoms. The van der Waals surface area contributed by atoms with Crippen molar-refractivity contribution >= 4 is 16.3 Å². The summed E-state index contributed by atoms with van der Waals surface area (Å²) in [6, 6.07) is -1.15. The third-order valence-electron chi connectivity index (χ3n) is 12.2. The number of amides is 1. The number of hydrogen-bond acceptors (Lipinski definition) is 11. The normalized spacial score (nSPS) is 20.9. The molecule has 1 amide bonds. The molecule has 0 saturated carbocycles. The van der Waals surface area contributed by atoms with Gasteiger partial charge in [-0.3, -0.25) is 9.35 Å². The first-order valence-electron chi connectivity index (χ1n) is 26.1. The fourth-order valence-corrected chi connectivity index (χ4v) is 8.53. The van der Waals surface area contributed by atoms with Gasteiger partial charge in [0.05, 0.1) is 25.4 Å². The molecule has 1 saturated heterocycles. The molecule has 1 rings (SSSR count). The number of aliphatic hydroxyl groups is 5. The number of hydrogen-bond donors (Lipinski definition) is 7. The molecular formula is C52H95NO12S. The van der Waals surface area contributed by atoms with Crippen molar-refractivity contribution in [3.05, 3.63) is 48.6 Å². The van der Waals surface area contributed by atoms with Gasteiger partial charge in [0.25, 0.3) is 0 Å². The molecule has 386 valence electrons. The molecule has 7 N–H and O–H groups in total. The quantitative estimate of drug-likeness (QED) is 0.0173. The summed E-state index contributed by atoms with van der Waals surface area (Å²) in [6.45, 7) is 3.20. The van der Waals surface area contributed by atoms with Crippen LogP contribution in [0.25, 0.3) is 0 Å². The molecule has 1 fully saturated rings. The van der Waals surface area contributed by atoms with Crippen LogP contribution in [0.4, 0.5) is 0 Å². The van der Waals surface area contributed by atoms with Crippen molar-refractivity contribution in [3.63, 3.8) is 0 Å². The highest BCUT2D eigenvalue weighted by atomic mass is 32.3. The highest BCUT2D eigenvalue weighted by Crippen LogP contribution is 2.26. The van der Waals surface area contributed by atoms with E-state index in [1.165, 1.54) is 115 Å². The van der Waals surface area contributed by atoms with Gasteiger partial charge in [-0.1, -0.05) is 191 Å². The first kappa shape index (κ1) is 62.0. The van der Waals surface area contributed by atoms with Crippen molar-refractivity contribution in [2.75, 3.05) is 13.2 Å². The minimum atomic E-state index is -5.13. The monoisotopic (exact) mass is 958 g/mol. The maximum atomic E-state index is 13.2. The van der Waals surface area contributed by atoms with Crippen LogP contribution in [0.5, 0.6) is 0 Å². The Hall–Kier alpha value is -1.98. The van der Waals surface area contributed by atoms with Crippen molar-refractivity contribution in [1.29, 1.82) is 0 Å². The first-order chi connectivity index (χ1) is 31.9. The molecule has 0 aromatic rings. The van der Waals surface area contributed by atoms with E-state index in [1.54, 1.807) is 6.08 Å². The molecule has 8 unspecified atom stereocenters. The summed E-state index contributed by atoms with van der Waals surface area (Å²) in [5, 5.41) is 55.3. The first-order valence-corrected chi connectivity index (χ1v) is 27.5. The van der Waals surface area contributed by atoms with Crippen molar-refractivity contribution in [2.45, 2.75) is 262 Å². The van der Waals surface area contributed by atoms with Crippen molar-refractivity contribution in [3.8, 4) is 0 Å². The summed E-state index contributed by atoms with van der Waals surface area (Å²) in [5.74, 6) is -0.721. The second kappa shape index (κ2) is 41.9. The molecule has 0 spiro atoms. The fourth-order valence-electron chi connectivity index (χ4n) is 8.02. The zero-order chi connectivity index (χ0) is 48.5. The Morgan fingerprint density at radius 1 is 0.606 bits per heavy atom. The molecule has 13 nitrogen and oxygen atoms in total. The Kier molecular flexibility index (Phi) is 39.4. The summed E-state index contributed by atoms with van der Waals surface area (Å²) >= 11 is 0. The number of carbonyl (C=O) groups excluding carboxylic acids is 1. The third kappa shape index (κ3) is 33.5. The Balaban J connectivity index is 2.55. The molecule has 0 aromatic heterocycles. The Bertz CT molecular complexity index is 1370. The molecule has 0 radical (unpaired) electrons. The van der Waals surface area contributed by atoms with Crippen molar-refractivity contribution in [2.24, 2.45) is 0 Å². The van der Waals surface area contributed by atoms with Crippen molar-refractivity contribution < 1.29 is 57.0 Å². The lowest BCUT2D eigenvalue weighted by molar-refractivity contribution is -0.298. The highest BCUT2D eigenvalue weighted by Gasteiger charge is 2.48. The van der Waals surface area contributed by atoms with Crippen LogP contribution in [0.2, 0.25) is 0 Å². The minimum absolute atomic E-state index is 0.226. The van der Waals surface area contributed by atoms with E-state index >= 15 is 0 Å². The largest absolute Gasteiger partial charge is 0.397 e. The standard InChI is InChI=1S/C52H95NO12S/c1-3-5-7-9-11-13-15-17-19-21-23-25-27-29-31-33-35-37-39-41-46(56)51(59)53-44(43-63-52-49(58)50(65-66(60,61)62)48(57)47(42-54)64-52)45(55)40-38-36-34-32-30-28-26-24-22-20-18-16-14-12-10-8-6-4-2/h22-25,30,32,38,40,44-50,52,54-58H,3-21,26-29,31,33-37,39,41-43H2,1-2H3,(H,53,59)(H,60,61,62)/b24-22+,25-23-,32-30+,40-38+. The number of carbonyl (C=O) groups is 1. The van der Waals surface area contributed by atoms with Crippen LogP contribution in [0, 0.1) is 0 Å². The molecule has 0 aromatic carbocycles. The van der Waals surface area contributed by atoms with Gasteiger partial charge in [-0.15, -0.1) is 0 Å². The summed E-state index contributed by atoms with van der Waals surface area (Å²) < 4.78 is 47.6. The Morgan fingerprint density at radius 3 is 1.45 bits per heavy atom. The van der Waals surface area contributed by atoms with Gasteiger partial charge in [0, 0.05) is 0 Å². The van der Waals surface area contributed by atoms with Gasteiger partial charge >= 0.3 is 10.4 Å². The van der Waals surface area contributed by atoms with E-state index in [0.29, 0.717) is 12.8 Å². The molecule has 1 heterocycles. The molecule has 1 aliphatic rings. The number of ether oxygens (including phenoxy) is 2. The molecule has 8 atom stereocenters. The van der Waals surface area contributed by atoms with E-state index in [0.717, 1.165) is 70.6 Å². The molecular weight excluding hydrogens is 863 g/mol. The second-order valence-corrected chi connectivity index (χ2v) is 19.3. The van der Waals surface area contributed by atoms with E-state index in [4.69, 9.17) is 9.47 Å². The van der Waals surface area contributed by atoms with Gasteiger partial charge in [-0.25, -0.2) is 4.18 Å². The lowest BCUT2D eigenvalue weighted by Crippen LogP contribution is -2.61. The number of allylic oxidation sites excluding steroid dienone is 7. The van der Waals surface area contributed by atoms with E-state index in [2.05, 4.69) is 59.8 Å². The highest BCUT2D eigenvalue weighted by molar-refractivity contribution is 7.80. The fraction of sp³-hybridized carbons (Fsp3) is 0.827. The summed E-state index contributed by atoms with van der Waals surface area (Å²) in [5.41, 5.74) is 0. The lowest BCUT2D eigenvalue weighted by Gasteiger charge is -2.41. The predicted molar refractivity (Wildman–Crippen MR) is 265 cm³/mol. The van der Waals surface area contributed by atoms with Crippen LogP contribution in [0.3, 0.4) is 0 Å². The van der Waals surface area contributed by atoms with E-state index in [9.17, 15) is 43.3 Å². The number of nitrogens with one attached hydrogen (secondary N) is 1. The van der Waals surface area contributed by atoms with Crippen LogP contribution in [0.15, 0.2) is 48.6 Å². The predicted octanol–water partition coefficient (Wildman–Crippen LogP) is 10.2. The number of rotatable bonds is 44. The van der Waals surface area contributed by atoms with Gasteiger partial charge in [0.15, 0.2) is 6.29 Å². The second-order valence-electron chi connectivity index (χ2n) is 18.2. The average molecular weight is 958 g/mol. The minimum Gasteiger partial charge on any atom is -0.394 e. The lowest BCUT2D eigenvalue weighted by atomic mass is 9.99. The van der Waals surface area contributed by atoms with Gasteiger partial charge in [-0.05, 0) is 70.6 Å². The van der Waals surface area contributed by atoms with Gasteiger partial charge in [0.1, 0.15) is 30.5 Å². The third-order valence-corrected chi connectivity index (χ3v) is 12.6. The average Bonchev–Trinajstić information content (AvgIpc) is 3.29. The smallest absolute Gasteiger partial charge is 0.394 e. The Labute approximate surface area is 400 Å². The SMILES string of the molecule is CCCCCCCCCC/C=C/CC/C=C/CC/C=C/C(O)C(COC1OC(CO)C(O)C(OS(=O)(=O)O)C1O)NC(=O)C(O)CCCCCCCC/C=C\CCCCCCCCCCC. The van der Waals surface area contributed by atoms with E-state index < -0.39 is 78.5 Å². The summed E-state index contributed by atoms with van der Waals surface area (Å²) in [6.07, 6.45) is 40.4. The zero-order valence-electron chi connectivity index (χ0n) is 41.1. The van der Waals surface area contributed by atoms with Crippen LogP contribution < -0.4 is 5.32 Å². The molecule has 1 aliphatic heterocycles. The molecule has 0 bridgehead atoms. The molecule has 0 aliphatic carbocycles. The van der Waals surface area contributed by atoms with Crippen molar-refractivity contribution in [1.82, 2.24) is 5.32 Å². The zero-order valence-corrected chi connectivity index (χ0v) is 41.9. The maximum absolute atomic E-state index is 13.2. The van der Waals surface area contributed by atoms with Gasteiger partial charge in [0.2, 0.25) is 5.91 Å². The summed E-state index contributed by atoms with van der Waals surface area (Å²) in [7, 11) is -5.13. The number of aliphatic hydroxyl groups excluding tert-OH is 5. The summed E-state index contributed by atoms with van der Waals surface area (Å²) in [4.78, 5) is 13.2. The van der Waals surface area contributed by atoms with Crippen LogP contribution in [-0.2, 0) is 28.9 Å². The number of unbranched alkanes of at least 4 members (excludes halogenated alkanes) is 25. The Morgan fingerprint density at radius 2 is 1.02 bits per heavy atom. The maximum Gasteiger partial charge on any atom is 0.397 e. The van der Waals surface area contributed by atoms with E-state index in [-0.39, 0.29) is 6.42 Å². The van der Waals surface area contributed by atoms with Crippen LogP contribution >= 0.6 is 0 Å². The van der Waals surface area contributed by atoms with Crippen LogP contribution in [0.1, 0.15) is 213 Å². The topological polar surface area (TPSA) is 212 Å². The van der Waals surface area contributed by atoms with Crippen LogP contribution in [-0.4, -0.2) is 107 Å². The van der Waals surface area contributed by atoms with Gasteiger partial charge < -0.3 is 40.3 Å².